The summed E-state index contributed by atoms with van der Waals surface area (Å²) in [5.41, 5.74) is 3.13. The molecule has 0 aromatic heterocycles. The van der Waals surface area contributed by atoms with Gasteiger partial charge in [0.25, 0.3) is 0 Å². The molecular formula is C11H16N2O. The third kappa shape index (κ3) is 1.55. The highest BCUT2D eigenvalue weighted by Crippen LogP contribution is 2.32. The van der Waals surface area contributed by atoms with Gasteiger partial charge in [-0.3, -0.25) is 0 Å². The summed E-state index contributed by atoms with van der Waals surface area (Å²) < 4.78 is 0. The molecule has 1 aliphatic heterocycles. The maximum absolute atomic E-state index is 9.16. The third-order valence-electron chi connectivity index (χ3n) is 2.50. The van der Waals surface area contributed by atoms with Gasteiger partial charge in [0.05, 0.1) is 18.0 Å². The number of para-hydroxylation sites is 1. The normalized spacial score (nSPS) is 17.9. The molecule has 1 aromatic rings. The van der Waals surface area contributed by atoms with Crippen LogP contribution >= 0.6 is 0 Å². The van der Waals surface area contributed by atoms with Crippen LogP contribution in [0.2, 0.25) is 0 Å². The summed E-state index contributed by atoms with van der Waals surface area (Å²) >= 11 is 0. The van der Waals surface area contributed by atoms with E-state index in [1.165, 1.54) is 0 Å². The van der Waals surface area contributed by atoms with Gasteiger partial charge in [0, 0.05) is 17.6 Å². The maximum atomic E-state index is 9.16. The van der Waals surface area contributed by atoms with Crippen molar-refractivity contribution in [2.24, 2.45) is 0 Å². The average molecular weight is 192 g/mol. The van der Waals surface area contributed by atoms with E-state index in [9.17, 15) is 0 Å². The lowest BCUT2D eigenvalue weighted by molar-refractivity contribution is 0.282. The molecule has 3 heteroatoms. The molecule has 0 spiro atoms. The van der Waals surface area contributed by atoms with E-state index in [0.717, 1.165) is 23.5 Å². The van der Waals surface area contributed by atoms with Gasteiger partial charge < -0.3 is 15.7 Å². The zero-order chi connectivity index (χ0) is 10.2. The van der Waals surface area contributed by atoms with E-state index in [-0.39, 0.29) is 12.1 Å². The van der Waals surface area contributed by atoms with E-state index in [1.54, 1.807) is 0 Å². The van der Waals surface area contributed by atoms with Crippen LogP contribution in [0.5, 0.6) is 0 Å². The second-order valence-electron chi connectivity index (χ2n) is 4.36. The Hall–Kier alpha value is -1.22. The van der Waals surface area contributed by atoms with Crippen LogP contribution in [0.25, 0.3) is 0 Å². The number of aliphatic hydroxyl groups is 1. The lowest BCUT2D eigenvalue weighted by Gasteiger charge is -2.35. The molecule has 0 atom stereocenters. The van der Waals surface area contributed by atoms with Crippen molar-refractivity contribution in [3.8, 4) is 0 Å². The topological polar surface area (TPSA) is 44.3 Å². The number of rotatable bonds is 1. The molecular weight excluding hydrogens is 176 g/mol. The first-order chi connectivity index (χ1) is 6.62. The fourth-order valence-electron chi connectivity index (χ4n) is 1.76. The second-order valence-corrected chi connectivity index (χ2v) is 4.36. The Balaban J connectivity index is 2.40. The van der Waals surface area contributed by atoms with Crippen LogP contribution < -0.4 is 10.6 Å². The van der Waals surface area contributed by atoms with Gasteiger partial charge >= 0.3 is 0 Å². The van der Waals surface area contributed by atoms with Crippen molar-refractivity contribution >= 4 is 11.4 Å². The van der Waals surface area contributed by atoms with E-state index in [0.29, 0.717) is 0 Å². The third-order valence-corrected chi connectivity index (χ3v) is 2.50. The number of aliphatic hydroxyl groups excluding tert-OH is 1. The first-order valence-electron chi connectivity index (χ1n) is 4.87. The van der Waals surface area contributed by atoms with E-state index < -0.39 is 0 Å². The zero-order valence-corrected chi connectivity index (χ0v) is 8.59. The number of anilines is 2. The van der Waals surface area contributed by atoms with Crippen molar-refractivity contribution in [2.75, 3.05) is 17.2 Å². The quantitative estimate of drug-likeness (QED) is 0.635. The minimum atomic E-state index is 0.0705. The monoisotopic (exact) mass is 192 g/mol. The highest BCUT2D eigenvalue weighted by molar-refractivity contribution is 5.75. The molecule has 3 N–H and O–H groups in total. The SMILES string of the molecule is CC1(C)CNc2c(CO)cccc2N1. The van der Waals surface area contributed by atoms with Crippen LogP contribution in [0.1, 0.15) is 19.4 Å². The minimum Gasteiger partial charge on any atom is -0.392 e. The lowest BCUT2D eigenvalue weighted by atomic mass is 9.99. The summed E-state index contributed by atoms with van der Waals surface area (Å²) in [6.07, 6.45) is 0. The smallest absolute Gasteiger partial charge is 0.0702 e. The Kier molecular flexibility index (Phi) is 2.11. The number of fused-ring (bicyclic) bond motifs is 1. The minimum absolute atomic E-state index is 0.0705. The van der Waals surface area contributed by atoms with Crippen molar-refractivity contribution in [3.63, 3.8) is 0 Å². The summed E-state index contributed by atoms with van der Waals surface area (Å²) in [7, 11) is 0. The zero-order valence-electron chi connectivity index (χ0n) is 8.59. The maximum Gasteiger partial charge on any atom is 0.0702 e. The van der Waals surface area contributed by atoms with Gasteiger partial charge in [-0.25, -0.2) is 0 Å². The van der Waals surface area contributed by atoms with Crippen LogP contribution in [-0.4, -0.2) is 17.2 Å². The Morgan fingerprint density at radius 1 is 1.43 bits per heavy atom. The summed E-state index contributed by atoms with van der Waals surface area (Å²) in [5.74, 6) is 0. The summed E-state index contributed by atoms with van der Waals surface area (Å²) in [6, 6.07) is 5.93. The van der Waals surface area contributed by atoms with Crippen LogP contribution in [0, 0.1) is 0 Å². The molecule has 1 heterocycles. The second kappa shape index (κ2) is 3.17. The van der Waals surface area contributed by atoms with Gasteiger partial charge in [-0.05, 0) is 19.9 Å². The van der Waals surface area contributed by atoms with E-state index in [4.69, 9.17) is 5.11 Å². The number of hydrogen-bond acceptors (Lipinski definition) is 3. The molecule has 1 aromatic carbocycles. The van der Waals surface area contributed by atoms with Crippen molar-refractivity contribution in [1.29, 1.82) is 0 Å². The van der Waals surface area contributed by atoms with Crippen LogP contribution in [0.4, 0.5) is 11.4 Å². The molecule has 0 saturated heterocycles. The van der Waals surface area contributed by atoms with Crippen LogP contribution in [-0.2, 0) is 6.61 Å². The van der Waals surface area contributed by atoms with Gasteiger partial charge in [0.2, 0.25) is 0 Å². The summed E-state index contributed by atoms with van der Waals surface area (Å²) in [4.78, 5) is 0. The molecule has 0 unspecified atom stereocenters. The number of benzene rings is 1. The number of hydrogen-bond donors (Lipinski definition) is 3. The predicted octanol–water partition coefficient (Wildman–Crippen LogP) is 1.79. The van der Waals surface area contributed by atoms with Gasteiger partial charge in [0.1, 0.15) is 0 Å². The first kappa shape index (κ1) is 9.34. The van der Waals surface area contributed by atoms with E-state index >= 15 is 0 Å². The fourth-order valence-corrected chi connectivity index (χ4v) is 1.76. The van der Waals surface area contributed by atoms with Crippen molar-refractivity contribution in [1.82, 2.24) is 0 Å². The van der Waals surface area contributed by atoms with Gasteiger partial charge in [-0.1, -0.05) is 12.1 Å². The highest BCUT2D eigenvalue weighted by atomic mass is 16.3. The molecule has 0 aliphatic carbocycles. The van der Waals surface area contributed by atoms with E-state index in [2.05, 4.69) is 24.5 Å². The molecule has 0 saturated carbocycles. The molecule has 0 bridgehead atoms. The van der Waals surface area contributed by atoms with Crippen molar-refractivity contribution in [3.05, 3.63) is 23.8 Å². The van der Waals surface area contributed by atoms with Gasteiger partial charge in [-0.15, -0.1) is 0 Å². The summed E-state index contributed by atoms with van der Waals surface area (Å²) in [5, 5.41) is 15.9. The van der Waals surface area contributed by atoms with Crippen molar-refractivity contribution in [2.45, 2.75) is 26.0 Å². The molecule has 1 aliphatic rings. The molecule has 0 radical (unpaired) electrons. The molecule has 0 fully saturated rings. The lowest BCUT2D eigenvalue weighted by Crippen LogP contribution is -2.42. The van der Waals surface area contributed by atoms with Gasteiger partial charge in [-0.2, -0.15) is 0 Å². The fraction of sp³-hybridized carbons (Fsp3) is 0.455. The largest absolute Gasteiger partial charge is 0.392 e. The molecule has 0 amide bonds. The first-order valence-corrected chi connectivity index (χ1v) is 4.87. The van der Waals surface area contributed by atoms with Crippen molar-refractivity contribution < 1.29 is 5.11 Å². The molecule has 14 heavy (non-hydrogen) atoms. The highest BCUT2D eigenvalue weighted by Gasteiger charge is 2.24. The molecule has 2 rings (SSSR count). The number of nitrogens with one attached hydrogen (secondary N) is 2. The van der Waals surface area contributed by atoms with Crippen LogP contribution in [0.3, 0.4) is 0 Å². The predicted molar refractivity (Wildman–Crippen MR) is 58.6 cm³/mol. The van der Waals surface area contributed by atoms with Crippen LogP contribution in [0.15, 0.2) is 18.2 Å². The molecule has 3 nitrogen and oxygen atoms in total. The standard InChI is InChI=1S/C11H16N2O/c1-11(2)7-12-10-8(6-14)4-3-5-9(10)13-11/h3-5,12-14H,6-7H2,1-2H3. The Bertz CT molecular complexity index is 347. The van der Waals surface area contributed by atoms with E-state index in [1.807, 2.05) is 18.2 Å². The Morgan fingerprint density at radius 3 is 2.93 bits per heavy atom. The summed E-state index contributed by atoms with van der Waals surface area (Å²) in [6.45, 7) is 5.25. The Morgan fingerprint density at radius 2 is 2.21 bits per heavy atom. The van der Waals surface area contributed by atoms with Gasteiger partial charge in [0.15, 0.2) is 0 Å². The average Bonchev–Trinajstić information content (AvgIpc) is 2.15. The Labute approximate surface area is 84.1 Å². The molecule has 76 valence electrons.